The van der Waals surface area contributed by atoms with Crippen LogP contribution < -0.4 is 0 Å². The monoisotopic (exact) mass is 750 g/mol. The lowest BCUT2D eigenvalue weighted by atomic mass is 9.93. The van der Waals surface area contributed by atoms with Crippen molar-refractivity contribution in [2.24, 2.45) is 0 Å². The molecule has 0 aliphatic rings. The van der Waals surface area contributed by atoms with E-state index in [0.29, 0.717) is 0 Å². The van der Waals surface area contributed by atoms with Crippen LogP contribution in [-0.4, -0.2) is 82.9 Å². The summed E-state index contributed by atoms with van der Waals surface area (Å²) in [7, 11) is 0. The highest BCUT2D eigenvalue weighted by Gasteiger charge is 2.34. The number of esters is 3. The number of halogens is 2. The number of carbonyl (C=O) groups excluding carboxylic acids is 3. The van der Waals surface area contributed by atoms with E-state index in [1.54, 1.807) is 0 Å². The first-order valence-corrected chi connectivity index (χ1v) is 18.0. The van der Waals surface area contributed by atoms with Crippen LogP contribution >= 0.6 is 0 Å². The number of rotatable bonds is 25. The Balaban J connectivity index is 0.000000385. The lowest BCUT2D eigenvalue weighted by molar-refractivity contribution is -0.167. The van der Waals surface area contributed by atoms with Gasteiger partial charge in [-0.05, 0) is 18.9 Å². The van der Waals surface area contributed by atoms with E-state index in [9.17, 15) is 33.1 Å². The molecule has 2 aromatic heterocycles. The number of unbranched alkanes of at least 4 members (excludes halogenated alkanes) is 8. The number of carboxylic acid groups (broad SMARTS) is 1. The van der Waals surface area contributed by atoms with E-state index < -0.39 is 47.2 Å². The van der Waals surface area contributed by atoms with Gasteiger partial charge in [0.2, 0.25) is 0 Å². The minimum Gasteiger partial charge on any atom is -0.481 e. The van der Waals surface area contributed by atoms with Gasteiger partial charge in [0.05, 0.1) is 25.9 Å². The fourth-order valence-corrected chi connectivity index (χ4v) is 5.08. The number of aliphatic carboxylic acids is 1. The quantitative estimate of drug-likeness (QED) is 0.0643. The highest BCUT2D eigenvalue weighted by Crippen LogP contribution is 2.28. The zero-order valence-electron chi connectivity index (χ0n) is 30.5. The molecule has 0 saturated heterocycles. The molecule has 2 heterocycles. The van der Waals surface area contributed by atoms with Crippen LogP contribution in [0, 0.1) is 11.6 Å². The molecule has 53 heavy (non-hydrogen) atoms. The summed E-state index contributed by atoms with van der Waals surface area (Å²) in [6, 6.07) is 3.02. The number of hydrogen-bond acceptors (Lipinski definition) is 12. The van der Waals surface area contributed by atoms with Crippen molar-refractivity contribution >= 4 is 23.9 Å². The number of carboxylic acids is 1. The second kappa shape index (κ2) is 25.2. The van der Waals surface area contributed by atoms with Gasteiger partial charge in [-0.15, -0.1) is 0 Å². The molecule has 294 valence electrons. The number of aliphatic hydroxyl groups is 1. The second-order valence-electron chi connectivity index (χ2n) is 12.5. The number of ether oxygens (including phenoxy) is 3. The number of benzene rings is 1. The first kappa shape index (κ1) is 44.4. The Morgan fingerprint density at radius 3 is 1.68 bits per heavy atom. The van der Waals surface area contributed by atoms with Crippen molar-refractivity contribution in [3.05, 3.63) is 60.7 Å². The molecule has 0 atom stereocenters. The Bertz CT molecular complexity index is 1430. The summed E-state index contributed by atoms with van der Waals surface area (Å²) in [4.78, 5) is 53.8. The third kappa shape index (κ3) is 19.0. The van der Waals surface area contributed by atoms with E-state index in [-0.39, 0.29) is 57.6 Å². The zero-order valence-corrected chi connectivity index (χ0v) is 30.5. The van der Waals surface area contributed by atoms with Gasteiger partial charge in [-0.25, -0.2) is 28.1 Å². The van der Waals surface area contributed by atoms with Crippen molar-refractivity contribution in [2.75, 3.05) is 13.2 Å². The molecule has 3 rings (SSSR count). The highest BCUT2D eigenvalue weighted by molar-refractivity contribution is 5.76. The van der Waals surface area contributed by atoms with Gasteiger partial charge in [-0.2, -0.15) is 10.2 Å². The molecule has 17 heteroatoms. The average molecular weight is 751 g/mol. The second-order valence-corrected chi connectivity index (χ2v) is 12.5. The fraction of sp³-hybridized carbons (Fsp3) is 0.611. The van der Waals surface area contributed by atoms with Crippen LogP contribution in [0.1, 0.15) is 109 Å². The summed E-state index contributed by atoms with van der Waals surface area (Å²) < 4.78 is 45.5. The minimum atomic E-state index is -1.70. The lowest BCUT2D eigenvalue weighted by Crippen LogP contribution is -2.37. The molecular weight excluding hydrogens is 698 g/mol. The van der Waals surface area contributed by atoms with Gasteiger partial charge < -0.3 is 24.4 Å². The van der Waals surface area contributed by atoms with Crippen LogP contribution in [0.25, 0.3) is 0 Å². The predicted octanol–water partition coefficient (Wildman–Crippen LogP) is 5.31. The van der Waals surface area contributed by atoms with E-state index >= 15 is 0 Å². The maximum atomic E-state index is 14.1. The molecule has 0 saturated carbocycles. The SMILES string of the molecule is CCCCCCCC(=O)OCC(COC(=O)CCCCCCC)OC(=O)CCC(=O)O.OC(Cn1cncn1)(Cn1cncn1)c1ccc(F)cc1F. The van der Waals surface area contributed by atoms with Crippen LogP contribution in [0.4, 0.5) is 8.78 Å². The van der Waals surface area contributed by atoms with Crippen molar-refractivity contribution in [1.82, 2.24) is 29.5 Å². The van der Waals surface area contributed by atoms with Crippen molar-refractivity contribution in [2.45, 2.75) is 129 Å². The van der Waals surface area contributed by atoms with E-state index in [1.807, 2.05) is 0 Å². The van der Waals surface area contributed by atoms with Gasteiger partial charge in [0.15, 0.2) is 6.10 Å². The summed E-state index contributed by atoms with van der Waals surface area (Å²) >= 11 is 0. The summed E-state index contributed by atoms with van der Waals surface area (Å²) in [6.07, 6.45) is 14.4. The van der Waals surface area contributed by atoms with Gasteiger partial charge in [-0.1, -0.05) is 71.3 Å². The van der Waals surface area contributed by atoms with Gasteiger partial charge in [0, 0.05) is 24.5 Å². The van der Waals surface area contributed by atoms with Crippen LogP contribution in [0.2, 0.25) is 0 Å². The lowest BCUT2D eigenvalue weighted by Gasteiger charge is -2.28. The van der Waals surface area contributed by atoms with E-state index in [4.69, 9.17) is 19.3 Å². The molecule has 0 amide bonds. The van der Waals surface area contributed by atoms with Gasteiger partial charge in [0.1, 0.15) is 55.8 Å². The fourth-order valence-electron chi connectivity index (χ4n) is 5.08. The smallest absolute Gasteiger partial charge is 0.306 e. The van der Waals surface area contributed by atoms with Crippen LogP contribution in [0.5, 0.6) is 0 Å². The van der Waals surface area contributed by atoms with Crippen LogP contribution in [0.3, 0.4) is 0 Å². The van der Waals surface area contributed by atoms with Crippen molar-refractivity contribution in [1.29, 1.82) is 0 Å². The summed E-state index contributed by atoms with van der Waals surface area (Å²) in [5.74, 6) is -4.21. The molecular formula is C36H52F2N6O9. The number of carbonyl (C=O) groups is 4. The molecule has 3 aromatic rings. The highest BCUT2D eigenvalue weighted by atomic mass is 19.1. The topological polar surface area (TPSA) is 198 Å². The molecule has 0 bridgehead atoms. The Kier molecular flexibility index (Phi) is 21.1. The maximum Gasteiger partial charge on any atom is 0.306 e. The van der Waals surface area contributed by atoms with Crippen molar-refractivity contribution < 1.29 is 52.4 Å². The average Bonchev–Trinajstić information content (AvgIpc) is 3.83. The molecule has 0 aliphatic carbocycles. The molecule has 2 N–H and O–H groups in total. The van der Waals surface area contributed by atoms with Gasteiger partial charge in [0.25, 0.3) is 0 Å². The standard InChI is InChI=1S/C23H40O8.C13H12F2N6O/c1-3-5-7-9-11-13-21(26)29-17-19(31-23(28)16-15-20(24)25)18-30-22(27)14-12-10-8-6-4-2;14-10-1-2-11(12(15)3-10)13(22,4-20-8-16-6-18-20)5-21-9-17-7-19-21/h19H,3-18H2,1-2H3,(H,24,25);1-3,6-9,22H,4-5H2. The predicted molar refractivity (Wildman–Crippen MR) is 186 cm³/mol. The van der Waals surface area contributed by atoms with Crippen molar-refractivity contribution in [3.63, 3.8) is 0 Å². The van der Waals surface area contributed by atoms with E-state index in [2.05, 4.69) is 34.0 Å². The number of aromatic nitrogens is 6. The zero-order chi connectivity index (χ0) is 38.9. The molecule has 0 radical (unpaired) electrons. The van der Waals surface area contributed by atoms with Gasteiger partial charge in [-0.3, -0.25) is 19.2 Å². The van der Waals surface area contributed by atoms with Crippen LogP contribution in [-0.2, 0) is 52.1 Å². The molecule has 0 fully saturated rings. The normalized spacial score (nSPS) is 11.1. The number of hydrogen-bond donors (Lipinski definition) is 2. The Morgan fingerprint density at radius 2 is 1.25 bits per heavy atom. The molecule has 0 aliphatic heterocycles. The summed E-state index contributed by atoms with van der Waals surface area (Å²) in [5, 5.41) is 27.4. The minimum absolute atomic E-state index is 0.0556. The largest absolute Gasteiger partial charge is 0.481 e. The van der Waals surface area contributed by atoms with E-state index in [0.717, 1.165) is 76.3 Å². The maximum absolute atomic E-state index is 14.1. The summed E-state index contributed by atoms with van der Waals surface area (Å²) in [5.41, 5.74) is -1.75. The molecule has 0 unspecified atom stereocenters. The Labute approximate surface area is 308 Å². The number of nitrogens with zero attached hydrogens (tertiary/aromatic N) is 6. The van der Waals surface area contributed by atoms with Crippen LogP contribution in [0.15, 0.2) is 43.5 Å². The van der Waals surface area contributed by atoms with Crippen molar-refractivity contribution in [3.8, 4) is 0 Å². The van der Waals surface area contributed by atoms with E-state index in [1.165, 1.54) is 40.7 Å². The molecule has 1 aromatic carbocycles. The third-order valence-electron chi connectivity index (χ3n) is 7.88. The molecule has 15 nitrogen and oxygen atoms in total. The Morgan fingerprint density at radius 1 is 0.736 bits per heavy atom. The Hall–Kier alpha value is -4.80. The summed E-state index contributed by atoms with van der Waals surface area (Å²) in [6.45, 7) is 3.63. The molecule has 0 spiro atoms. The first-order chi connectivity index (χ1) is 25.4. The third-order valence-corrected chi connectivity index (χ3v) is 7.88. The first-order valence-electron chi connectivity index (χ1n) is 18.0. The van der Waals surface area contributed by atoms with Gasteiger partial charge >= 0.3 is 23.9 Å².